The van der Waals surface area contributed by atoms with Gasteiger partial charge in [0.25, 0.3) is 0 Å². The largest absolute Gasteiger partial charge is 0.481 e. The van der Waals surface area contributed by atoms with E-state index < -0.39 is 5.97 Å². The van der Waals surface area contributed by atoms with Crippen molar-refractivity contribution in [3.8, 4) is 0 Å². The molecule has 0 aliphatic carbocycles. The van der Waals surface area contributed by atoms with Gasteiger partial charge in [0.2, 0.25) is 0 Å². The summed E-state index contributed by atoms with van der Waals surface area (Å²) in [6.07, 6.45) is 2.54. The number of benzene rings is 2. The van der Waals surface area contributed by atoms with E-state index in [1.54, 1.807) is 6.92 Å². The summed E-state index contributed by atoms with van der Waals surface area (Å²) in [5.41, 5.74) is 3.30. The van der Waals surface area contributed by atoms with Gasteiger partial charge in [0, 0.05) is 0 Å². The van der Waals surface area contributed by atoms with Crippen LogP contribution in [0, 0.1) is 5.92 Å². The second-order valence-corrected chi connectivity index (χ2v) is 4.82. The van der Waals surface area contributed by atoms with Crippen LogP contribution in [0.1, 0.15) is 24.5 Å². The molecule has 2 rings (SSSR count). The second kappa shape index (κ2) is 6.71. The van der Waals surface area contributed by atoms with Crippen LogP contribution in [-0.2, 0) is 4.79 Å². The molecule has 2 heteroatoms. The van der Waals surface area contributed by atoms with Gasteiger partial charge in [-0.05, 0) is 23.1 Å². The van der Waals surface area contributed by atoms with Crippen LogP contribution < -0.4 is 0 Å². The van der Waals surface area contributed by atoms with Crippen LogP contribution in [0.2, 0.25) is 0 Å². The van der Waals surface area contributed by atoms with Crippen LogP contribution >= 0.6 is 0 Å². The van der Waals surface area contributed by atoms with Gasteiger partial charge in [-0.15, -0.1) is 0 Å². The van der Waals surface area contributed by atoms with Gasteiger partial charge in [0.1, 0.15) is 0 Å². The Kier molecular flexibility index (Phi) is 4.72. The summed E-state index contributed by atoms with van der Waals surface area (Å²) in [5, 5.41) is 9.01. The van der Waals surface area contributed by atoms with Gasteiger partial charge in [0.15, 0.2) is 0 Å². The van der Waals surface area contributed by atoms with E-state index in [1.165, 1.54) is 0 Å². The molecule has 0 heterocycles. The molecule has 102 valence electrons. The van der Waals surface area contributed by atoms with Crippen molar-refractivity contribution in [2.75, 3.05) is 0 Å². The average Bonchev–Trinajstić information content (AvgIpc) is 2.49. The summed E-state index contributed by atoms with van der Waals surface area (Å²) < 4.78 is 0. The van der Waals surface area contributed by atoms with Crippen LogP contribution in [0.5, 0.6) is 0 Å². The van der Waals surface area contributed by atoms with Gasteiger partial charge >= 0.3 is 5.97 Å². The van der Waals surface area contributed by atoms with Crippen LogP contribution in [-0.4, -0.2) is 11.1 Å². The predicted molar refractivity (Wildman–Crippen MR) is 81.4 cm³/mol. The maximum atomic E-state index is 11.0. The minimum atomic E-state index is -0.762. The van der Waals surface area contributed by atoms with E-state index in [2.05, 4.69) is 0 Å². The van der Waals surface area contributed by atoms with E-state index in [0.717, 1.165) is 16.7 Å². The molecular weight excluding hydrogens is 248 g/mol. The zero-order valence-electron chi connectivity index (χ0n) is 11.5. The zero-order valence-corrected chi connectivity index (χ0v) is 11.5. The normalized spacial score (nSPS) is 11.7. The number of rotatable bonds is 5. The molecule has 0 amide bonds. The lowest BCUT2D eigenvalue weighted by atomic mass is 9.95. The third-order valence-corrected chi connectivity index (χ3v) is 3.27. The summed E-state index contributed by atoms with van der Waals surface area (Å²) in [6.45, 7) is 1.73. The number of carbonyl (C=O) groups is 1. The molecule has 1 unspecified atom stereocenters. The van der Waals surface area contributed by atoms with Crippen LogP contribution in [0.4, 0.5) is 0 Å². The quantitative estimate of drug-likeness (QED) is 0.879. The van der Waals surface area contributed by atoms with E-state index in [1.807, 2.05) is 66.7 Å². The Bertz CT molecular complexity index is 544. The maximum Gasteiger partial charge on any atom is 0.306 e. The third kappa shape index (κ3) is 3.58. The van der Waals surface area contributed by atoms with Crippen molar-refractivity contribution in [3.05, 3.63) is 77.9 Å². The fraction of sp³-hybridized carbons (Fsp3) is 0.167. The van der Waals surface area contributed by atoms with Crippen LogP contribution in [0.3, 0.4) is 0 Å². The Hall–Kier alpha value is -2.35. The lowest BCUT2D eigenvalue weighted by Crippen LogP contribution is -2.08. The molecule has 20 heavy (non-hydrogen) atoms. The fourth-order valence-corrected chi connectivity index (χ4v) is 2.03. The first kappa shape index (κ1) is 14.1. The van der Waals surface area contributed by atoms with Crippen molar-refractivity contribution in [2.24, 2.45) is 5.92 Å². The average molecular weight is 266 g/mol. The molecule has 0 bridgehead atoms. The Morgan fingerprint density at radius 1 is 1.00 bits per heavy atom. The van der Waals surface area contributed by atoms with Gasteiger partial charge in [-0.1, -0.05) is 73.7 Å². The lowest BCUT2D eigenvalue weighted by Gasteiger charge is -2.10. The highest BCUT2D eigenvalue weighted by molar-refractivity contribution is 5.80. The third-order valence-electron chi connectivity index (χ3n) is 3.27. The summed E-state index contributed by atoms with van der Waals surface area (Å²) in [5.74, 6) is -1.14. The van der Waals surface area contributed by atoms with Gasteiger partial charge in [-0.2, -0.15) is 0 Å². The number of allylic oxidation sites excluding steroid dienone is 1. The number of carboxylic acids is 1. The van der Waals surface area contributed by atoms with E-state index in [9.17, 15) is 4.79 Å². The Morgan fingerprint density at radius 3 is 1.85 bits per heavy atom. The Labute approximate surface area is 119 Å². The fourth-order valence-electron chi connectivity index (χ4n) is 2.03. The van der Waals surface area contributed by atoms with E-state index in [-0.39, 0.29) is 5.92 Å². The summed E-state index contributed by atoms with van der Waals surface area (Å²) in [6, 6.07) is 20.1. The monoisotopic (exact) mass is 266 g/mol. The van der Waals surface area contributed by atoms with Gasteiger partial charge in [-0.3, -0.25) is 4.79 Å². The van der Waals surface area contributed by atoms with Crippen molar-refractivity contribution in [1.29, 1.82) is 0 Å². The van der Waals surface area contributed by atoms with Gasteiger partial charge < -0.3 is 5.11 Å². The van der Waals surface area contributed by atoms with Gasteiger partial charge in [-0.25, -0.2) is 0 Å². The molecule has 0 saturated heterocycles. The summed E-state index contributed by atoms with van der Waals surface area (Å²) >= 11 is 0. The minimum absolute atomic E-state index is 0.377. The highest BCUT2D eigenvalue weighted by Gasteiger charge is 2.10. The molecular formula is C18H18O2. The van der Waals surface area contributed by atoms with E-state index in [0.29, 0.717) is 6.42 Å². The lowest BCUT2D eigenvalue weighted by molar-refractivity contribution is -0.140. The molecule has 0 spiro atoms. The molecule has 1 atom stereocenters. The molecule has 0 aromatic heterocycles. The number of hydrogen-bond donors (Lipinski definition) is 1. The van der Waals surface area contributed by atoms with Crippen molar-refractivity contribution in [1.82, 2.24) is 0 Å². The molecule has 1 N–H and O–H groups in total. The standard InChI is InChI=1S/C18H18O2/c1-14(18(19)20)12-13-17(15-8-4-2-5-9-15)16-10-6-3-7-11-16/h2-11,13-14H,12H2,1H3,(H,19,20). The smallest absolute Gasteiger partial charge is 0.306 e. The van der Waals surface area contributed by atoms with E-state index in [4.69, 9.17) is 5.11 Å². The molecule has 0 fully saturated rings. The predicted octanol–water partition coefficient (Wildman–Crippen LogP) is 4.23. The number of carboxylic acid groups (broad SMARTS) is 1. The molecule has 2 aromatic carbocycles. The second-order valence-electron chi connectivity index (χ2n) is 4.82. The highest BCUT2D eigenvalue weighted by atomic mass is 16.4. The zero-order chi connectivity index (χ0) is 14.4. The topological polar surface area (TPSA) is 37.3 Å². The molecule has 0 radical (unpaired) electrons. The van der Waals surface area contributed by atoms with Crippen molar-refractivity contribution < 1.29 is 9.90 Å². The van der Waals surface area contributed by atoms with Crippen molar-refractivity contribution in [3.63, 3.8) is 0 Å². The molecule has 2 nitrogen and oxygen atoms in total. The van der Waals surface area contributed by atoms with Crippen LogP contribution in [0.15, 0.2) is 66.7 Å². The first-order chi connectivity index (χ1) is 9.68. The van der Waals surface area contributed by atoms with E-state index >= 15 is 0 Å². The summed E-state index contributed by atoms with van der Waals surface area (Å²) in [4.78, 5) is 11.0. The maximum absolute atomic E-state index is 11.0. The SMILES string of the molecule is CC(CC=C(c1ccccc1)c1ccccc1)C(=O)O. The first-order valence-corrected chi connectivity index (χ1v) is 6.72. The number of aliphatic carboxylic acids is 1. The molecule has 0 aliphatic rings. The highest BCUT2D eigenvalue weighted by Crippen LogP contribution is 2.24. The number of hydrogen-bond acceptors (Lipinski definition) is 1. The van der Waals surface area contributed by atoms with Crippen LogP contribution in [0.25, 0.3) is 5.57 Å². The Morgan fingerprint density at radius 2 is 1.45 bits per heavy atom. The van der Waals surface area contributed by atoms with Crippen molar-refractivity contribution >= 4 is 11.5 Å². The van der Waals surface area contributed by atoms with Gasteiger partial charge in [0.05, 0.1) is 5.92 Å². The Balaban J connectivity index is 2.35. The molecule has 2 aromatic rings. The molecule has 0 aliphatic heterocycles. The minimum Gasteiger partial charge on any atom is -0.481 e. The molecule has 0 saturated carbocycles. The van der Waals surface area contributed by atoms with Crippen molar-refractivity contribution in [2.45, 2.75) is 13.3 Å². The summed E-state index contributed by atoms with van der Waals surface area (Å²) in [7, 11) is 0. The first-order valence-electron chi connectivity index (χ1n) is 6.72.